The molecule has 0 saturated heterocycles. The molecule has 4 nitrogen and oxygen atoms in total. The van der Waals surface area contributed by atoms with E-state index in [1.807, 2.05) is 0 Å². The molecule has 0 aliphatic carbocycles. The minimum Gasteiger partial charge on any atom is -0.375 e. The van der Waals surface area contributed by atoms with Crippen LogP contribution in [-0.2, 0) is 0 Å². The van der Waals surface area contributed by atoms with Crippen LogP contribution in [0.5, 0.6) is 0 Å². The Bertz CT molecular complexity index is 348. The number of halogens is 2. The third kappa shape index (κ3) is 3.43. The van der Waals surface area contributed by atoms with Gasteiger partial charge in [0.2, 0.25) is 0 Å². The summed E-state index contributed by atoms with van der Waals surface area (Å²) >= 11 is 17.0. The van der Waals surface area contributed by atoms with Gasteiger partial charge in [-0.2, -0.15) is 5.10 Å². The number of hydrazone groups is 1. The number of thiazole rings is 1. The first-order chi connectivity index (χ1) is 6.09. The Labute approximate surface area is 93.7 Å². The molecule has 0 spiro atoms. The number of hydrogen-bond acceptors (Lipinski definition) is 4. The molecule has 1 aromatic heterocycles. The SMILES string of the molecule is NC(=S)NN=Cc1sc(Cl)nc1Cl. The first-order valence-electron chi connectivity index (χ1n) is 3.00. The van der Waals surface area contributed by atoms with E-state index in [0.29, 0.717) is 14.5 Å². The zero-order valence-corrected chi connectivity index (χ0v) is 9.27. The van der Waals surface area contributed by atoms with Crippen molar-refractivity contribution in [1.82, 2.24) is 10.4 Å². The number of aromatic nitrogens is 1. The van der Waals surface area contributed by atoms with Crippen LogP contribution in [-0.4, -0.2) is 16.3 Å². The maximum absolute atomic E-state index is 5.69. The molecule has 1 aromatic rings. The predicted molar refractivity (Wildman–Crippen MR) is 59.6 cm³/mol. The highest BCUT2D eigenvalue weighted by Gasteiger charge is 2.04. The summed E-state index contributed by atoms with van der Waals surface area (Å²) in [7, 11) is 0. The van der Waals surface area contributed by atoms with Gasteiger partial charge in [0.05, 0.1) is 11.1 Å². The average Bonchev–Trinajstić information content (AvgIpc) is 2.29. The summed E-state index contributed by atoms with van der Waals surface area (Å²) in [6.07, 6.45) is 1.45. The Morgan fingerprint density at radius 2 is 2.38 bits per heavy atom. The molecular weight excluding hydrogens is 251 g/mol. The molecule has 0 amide bonds. The Morgan fingerprint density at radius 3 is 2.85 bits per heavy atom. The van der Waals surface area contributed by atoms with Crippen molar-refractivity contribution in [2.45, 2.75) is 0 Å². The summed E-state index contributed by atoms with van der Waals surface area (Å²) in [6.45, 7) is 0. The Balaban J connectivity index is 2.68. The maximum atomic E-state index is 5.69. The van der Waals surface area contributed by atoms with E-state index < -0.39 is 0 Å². The topological polar surface area (TPSA) is 63.3 Å². The van der Waals surface area contributed by atoms with Gasteiger partial charge in [0.1, 0.15) is 0 Å². The number of nitrogens with one attached hydrogen (secondary N) is 1. The third-order valence-corrected chi connectivity index (χ3v) is 2.53. The quantitative estimate of drug-likeness (QED) is 0.479. The molecule has 0 aliphatic heterocycles. The van der Waals surface area contributed by atoms with E-state index in [1.165, 1.54) is 17.6 Å². The average molecular weight is 255 g/mol. The molecule has 1 heterocycles. The second-order valence-electron chi connectivity index (χ2n) is 1.86. The highest BCUT2D eigenvalue weighted by atomic mass is 35.5. The van der Waals surface area contributed by atoms with Gasteiger partial charge < -0.3 is 5.73 Å². The van der Waals surface area contributed by atoms with Gasteiger partial charge in [0.15, 0.2) is 14.7 Å². The summed E-state index contributed by atoms with van der Waals surface area (Å²) in [6, 6.07) is 0. The normalized spacial score (nSPS) is 10.6. The van der Waals surface area contributed by atoms with Crippen LogP contribution in [0.25, 0.3) is 0 Å². The molecule has 1 rings (SSSR count). The smallest absolute Gasteiger partial charge is 0.185 e. The number of thiocarbonyl (C=S) groups is 1. The number of nitrogens with zero attached hydrogens (tertiary/aromatic N) is 2. The van der Waals surface area contributed by atoms with E-state index in [-0.39, 0.29) is 5.11 Å². The van der Waals surface area contributed by atoms with Crippen molar-refractivity contribution in [2.75, 3.05) is 0 Å². The van der Waals surface area contributed by atoms with Crippen LogP contribution in [0.2, 0.25) is 9.62 Å². The summed E-state index contributed by atoms with van der Waals surface area (Å²) in [5.41, 5.74) is 7.52. The molecule has 0 bridgehead atoms. The van der Waals surface area contributed by atoms with Crippen molar-refractivity contribution < 1.29 is 0 Å². The lowest BCUT2D eigenvalue weighted by Crippen LogP contribution is -2.23. The molecule has 13 heavy (non-hydrogen) atoms. The largest absolute Gasteiger partial charge is 0.375 e. The van der Waals surface area contributed by atoms with Gasteiger partial charge >= 0.3 is 0 Å². The predicted octanol–water partition coefficient (Wildman–Crippen LogP) is 1.62. The number of hydrogen-bond donors (Lipinski definition) is 2. The highest BCUT2D eigenvalue weighted by molar-refractivity contribution is 7.80. The van der Waals surface area contributed by atoms with Gasteiger partial charge in [-0.05, 0) is 12.2 Å². The van der Waals surface area contributed by atoms with Crippen molar-refractivity contribution >= 4 is 58.1 Å². The van der Waals surface area contributed by atoms with E-state index in [9.17, 15) is 0 Å². The summed E-state index contributed by atoms with van der Waals surface area (Å²) in [5, 5.41) is 4.10. The van der Waals surface area contributed by atoms with Gasteiger partial charge in [-0.1, -0.05) is 34.5 Å². The molecule has 0 aliphatic rings. The second-order valence-corrected chi connectivity index (χ2v) is 4.27. The van der Waals surface area contributed by atoms with Crippen molar-refractivity contribution in [3.8, 4) is 0 Å². The Hall–Kier alpha value is -0.430. The molecule has 0 atom stereocenters. The number of rotatable bonds is 2. The fraction of sp³-hybridized carbons (Fsp3) is 0. The third-order valence-electron chi connectivity index (χ3n) is 0.940. The molecule has 0 radical (unpaired) electrons. The van der Waals surface area contributed by atoms with E-state index in [4.69, 9.17) is 28.9 Å². The molecular formula is C5H4Cl2N4S2. The Kier molecular flexibility index (Phi) is 3.86. The van der Waals surface area contributed by atoms with E-state index >= 15 is 0 Å². The van der Waals surface area contributed by atoms with Crippen LogP contribution in [0.1, 0.15) is 4.88 Å². The van der Waals surface area contributed by atoms with Crippen LogP contribution in [0.4, 0.5) is 0 Å². The molecule has 0 fully saturated rings. The van der Waals surface area contributed by atoms with Gasteiger partial charge in [-0.25, -0.2) is 4.98 Å². The second kappa shape index (κ2) is 4.71. The lowest BCUT2D eigenvalue weighted by molar-refractivity contribution is 1.04. The Morgan fingerprint density at radius 1 is 1.69 bits per heavy atom. The van der Waals surface area contributed by atoms with Gasteiger partial charge in [0, 0.05) is 0 Å². The van der Waals surface area contributed by atoms with E-state index in [2.05, 4.69) is 27.7 Å². The first kappa shape index (κ1) is 10.6. The van der Waals surface area contributed by atoms with Crippen molar-refractivity contribution in [3.63, 3.8) is 0 Å². The zero-order valence-electron chi connectivity index (χ0n) is 6.12. The van der Waals surface area contributed by atoms with Crippen LogP contribution in [0.3, 0.4) is 0 Å². The van der Waals surface area contributed by atoms with E-state index in [0.717, 1.165) is 0 Å². The molecule has 0 saturated carbocycles. The van der Waals surface area contributed by atoms with Gasteiger partial charge in [-0.3, -0.25) is 5.43 Å². The fourth-order valence-corrected chi connectivity index (χ4v) is 1.80. The molecule has 0 unspecified atom stereocenters. The van der Waals surface area contributed by atoms with Crippen molar-refractivity contribution in [3.05, 3.63) is 14.5 Å². The molecule has 8 heteroatoms. The van der Waals surface area contributed by atoms with Gasteiger partial charge in [0.25, 0.3) is 0 Å². The van der Waals surface area contributed by atoms with E-state index in [1.54, 1.807) is 0 Å². The molecule has 3 N–H and O–H groups in total. The maximum Gasteiger partial charge on any atom is 0.185 e. The molecule has 0 aromatic carbocycles. The summed E-state index contributed by atoms with van der Waals surface area (Å²) < 4.78 is 0.363. The number of nitrogens with two attached hydrogens (primary N) is 1. The van der Waals surface area contributed by atoms with Crippen LogP contribution >= 0.6 is 46.8 Å². The highest BCUT2D eigenvalue weighted by Crippen LogP contribution is 2.24. The lowest BCUT2D eigenvalue weighted by Gasteiger charge is -1.91. The van der Waals surface area contributed by atoms with Crippen LogP contribution in [0, 0.1) is 0 Å². The fourth-order valence-electron chi connectivity index (χ4n) is 0.522. The van der Waals surface area contributed by atoms with Crippen LogP contribution < -0.4 is 11.2 Å². The standard InChI is InChI=1S/C5H4Cl2N4S2/c6-3-2(13-4(7)10-3)1-9-11-5(8)12/h1H,(H3,8,11,12). The zero-order chi connectivity index (χ0) is 9.84. The van der Waals surface area contributed by atoms with Gasteiger partial charge in [-0.15, -0.1) is 0 Å². The first-order valence-corrected chi connectivity index (χ1v) is 4.98. The monoisotopic (exact) mass is 254 g/mol. The van der Waals surface area contributed by atoms with Crippen molar-refractivity contribution in [1.29, 1.82) is 0 Å². The summed E-state index contributed by atoms with van der Waals surface area (Å²) in [5.74, 6) is 0. The minimum absolute atomic E-state index is 0.0861. The lowest BCUT2D eigenvalue weighted by atomic mass is 10.6. The molecule has 70 valence electrons. The minimum atomic E-state index is 0.0861. The van der Waals surface area contributed by atoms with Crippen molar-refractivity contribution in [2.24, 2.45) is 10.8 Å². The van der Waals surface area contributed by atoms with Crippen LogP contribution in [0.15, 0.2) is 5.10 Å². The summed E-state index contributed by atoms with van der Waals surface area (Å²) in [4.78, 5) is 4.42.